The first kappa shape index (κ1) is 12.5. The first-order chi connectivity index (χ1) is 9.65. The van der Waals surface area contributed by atoms with E-state index in [1.165, 1.54) is 6.07 Å². The Bertz CT molecular complexity index is 639. The van der Waals surface area contributed by atoms with E-state index in [0.29, 0.717) is 19.7 Å². The van der Waals surface area contributed by atoms with E-state index in [1.807, 2.05) is 13.1 Å². The summed E-state index contributed by atoms with van der Waals surface area (Å²) in [6, 6.07) is 3.10. The SMILES string of the molecule is Cc1cc([N+](=O)[O-])cc2c1OCCN2Cc1c[nH]cn1. The van der Waals surface area contributed by atoms with Crippen molar-refractivity contribution in [1.29, 1.82) is 0 Å². The molecule has 104 valence electrons. The number of nitrogens with one attached hydrogen (secondary N) is 1. The predicted molar refractivity (Wildman–Crippen MR) is 73.0 cm³/mol. The Morgan fingerprint density at radius 2 is 2.40 bits per heavy atom. The van der Waals surface area contributed by atoms with Crippen LogP contribution in [0.5, 0.6) is 5.75 Å². The van der Waals surface area contributed by atoms with Gasteiger partial charge in [0.1, 0.15) is 12.4 Å². The molecule has 1 aromatic carbocycles. The number of benzene rings is 1. The highest BCUT2D eigenvalue weighted by atomic mass is 16.6. The number of hydrogen-bond donors (Lipinski definition) is 1. The summed E-state index contributed by atoms with van der Waals surface area (Å²) in [7, 11) is 0. The quantitative estimate of drug-likeness (QED) is 0.683. The molecular weight excluding hydrogens is 260 g/mol. The van der Waals surface area contributed by atoms with E-state index in [1.54, 1.807) is 12.4 Å². The van der Waals surface area contributed by atoms with E-state index in [9.17, 15) is 10.1 Å². The van der Waals surface area contributed by atoms with Crippen LogP contribution in [0.3, 0.4) is 0 Å². The average Bonchev–Trinajstić information content (AvgIpc) is 2.92. The zero-order valence-corrected chi connectivity index (χ0v) is 11.0. The van der Waals surface area contributed by atoms with Crippen molar-refractivity contribution in [3.63, 3.8) is 0 Å². The van der Waals surface area contributed by atoms with Gasteiger partial charge in [0, 0.05) is 18.3 Å². The highest BCUT2D eigenvalue weighted by Crippen LogP contribution is 2.38. The maximum Gasteiger partial charge on any atom is 0.272 e. The normalized spacial score (nSPS) is 13.8. The Balaban J connectivity index is 2.00. The molecule has 0 unspecified atom stereocenters. The second-order valence-corrected chi connectivity index (χ2v) is 4.70. The molecule has 3 rings (SSSR count). The molecule has 0 aliphatic carbocycles. The number of anilines is 1. The van der Waals surface area contributed by atoms with E-state index in [4.69, 9.17) is 4.74 Å². The third-order valence-corrected chi connectivity index (χ3v) is 3.31. The molecule has 0 bridgehead atoms. The number of hydrogen-bond acceptors (Lipinski definition) is 5. The van der Waals surface area contributed by atoms with Gasteiger partial charge in [-0.3, -0.25) is 10.1 Å². The second-order valence-electron chi connectivity index (χ2n) is 4.70. The van der Waals surface area contributed by atoms with Crippen molar-refractivity contribution in [1.82, 2.24) is 9.97 Å². The highest BCUT2D eigenvalue weighted by molar-refractivity contribution is 5.67. The smallest absolute Gasteiger partial charge is 0.272 e. The fourth-order valence-corrected chi connectivity index (χ4v) is 2.38. The van der Waals surface area contributed by atoms with Crippen LogP contribution < -0.4 is 9.64 Å². The molecule has 1 N–H and O–H groups in total. The van der Waals surface area contributed by atoms with Crippen molar-refractivity contribution in [2.75, 3.05) is 18.1 Å². The molecule has 2 heterocycles. The number of aryl methyl sites for hydroxylation is 1. The van der Waals surface area contributed by atoms with Gasteiger partial charge in [-0.1, -0.05) is 0 Å². The van der Waals surface area contributed by atoms with Crippen molar-refractivity contribution in [3.8, 4) is 5.75 Å². The van der Waals surface area contributed by atoms with Crippen molar-refractivity contribution in [2.45, 2.75) is 13.5 Å². The summed E-state index contributed by atoms with van der Waals surface area (Å²) in [6.07, 6.45) is 3.44. The van der Waals surface area contributed by atoms with Crippen LogP contribution in [0, 0.1) is 17.0 Å². The number of nitro groups is 1. The van der Waals surface area contributed by atoms with Crippen LogP contribution in [0.25, 0.3) is 0 Å². The van der Waals surface area contributed by atoms with Gasteiger partial charge in [-0.15, -0.1) is 0 Å². The van der Waals surface area contributed by atoms with Crippen LogP contribution >= 0.6 is 0 Å². The lowest BCUT2D eigenvalue weighted by Crippen LogP contribution is -2.32. The molecule has 1 aromatic heterocycles. The van der Waals surface area contributed by atoms with Gasteiger partial charge in [0.2, 0.25) is 0 Å². The van der Waals surface area contributed by atoms with E-state index in [2.05, 4.69) is 14.9 Å². The number of fused-ring (bicyclic) bond motifs is 1. The molecule has 0 saturated carbocycles. The summed E-state index contributed by atoms with van der Waals surface area (Å²) in [6.45, 7) is 3.67. The van der Waals surface area contributed by atoms with Gasteiger partial charge in [-0.2, -0.15) is 0 Å². The standard InChI is InChI=1S/C13H14N4O3/c1-9-4-11(17(18)19)5-12-13(9)20-3-2-16(12)7-10-6-14-8-15-10/h4-6,8H,2-3,7H2,1H3,(H,14,15). The van der Waals surface area contributed by atoms with Gasteiger partial charge >= 0.3 is 0 Å². The van der Waals surface area contributed by atoms with Gasteiger partial charge in [0.15, 0.2) is 0 Å². The Labute approximate surface area is 115 Å². The van der Waals surface area contributed by atoms with E-state index in [0.717, 1.165) is 22.7 Å². The molecular formula is C13H14N4O3. The average molecular weight is 274 g/mol. The third kappa shape index (κ3) is 2.18. The Hall–Kier alpha value is -2.57. The first-order valence-electron chi connectivity index (χ1n) is 6.29. The number of rotatable bonds is 3. The summed E-state index contributed by atoms with van der Waals surface area (Å²) in [4.78, 5) is 19.8. The van der Waals surface area contributed by atoms with Gasteiger partial charge in [-0.05, 0) is 12.5 Å². The van der Waals surface area contributed by atoms with Crippen molar-refractivity contribution < 1.29 is 9.66 Å². The first-order valence-corrected chi connectivity index (χ1v) is 6.29. The molecule has 1 aliphatic heterocycles. The minimum Gasteiger partial charge on any atom is -0.489 e. The molecule has 1 aliphatic rings. The summed E-state index contributed by atoms with van der Waals surface area (Å²) in [5.41, 5.74) is 2.51. The van der Waals surface area contributed by atoms with E-state index >= 15 is 0 Å². The summed E-state index contributed by atoms with van der Waals surface area (Å²) in [5, 5.41) is 11.0. The minimum atomic E-state index is -0.380. The van der Waals surface area contributed by atoms with Gasteiger partial charge in [0.25, 0.3) is 5.69 Å². The predicted octanol–water partition coefficient (Wildman–Crippen LogP) is 2.03. The zero-order chi connectivity index (χ0) is 14.1. The van der Waals surface area contributed by atoms with Crippen molar-refractivity contribution in [2.24, 2.45) is 0 Å². The molecule has 7 heteroatoms. The number of H-pyrrole nitrogens is 1. The minimum absolute atomic E-state index is 0.0822. The fraction of sp³-hybridized carbons (Fsp3) is 0.308. The fourth-order valence-electron chi connectivity index (χ4n) is 2.38. The molecule has 0 radical (unpaired) electrons. The number of nitrogens with zero attached hydrogens (tertiary/aromatic N) is 3. The molecule has 0 amide bonds. The van der Waals surface area contributed by atoms with Gasteiger partial charge in [-0.25, -0.2) is 4.98 Å². The number of nitro benzene ring substituents is 1. The summed E-state index contributed by atoms with van der Waals surface area (Å²) in [5.74, 6) is 0.720. The lowest BCUT2D eigenvalue weighted by molar-refractivity contribution is -0.384. The monoisotopic (exact) mass is 274 g/mol. The lowest BCUT2D eigenvalue weighted by Gasteiger charge is -2.31. The van der Waals surface area contributed by atoms with Crippen LogP contribution in [0.1, 0.15) is 11.3 Å². The van der Waals surface area contributed by atoms with Crippen LogP contribution in [-0.2, 0) is 6.54 Å². The van der Waals surface area contributed by atoms with Crippen LogP contribution in [-0.4, -0.2) is 28.0 Å². The molecule has 20 heavy (non-hydrogen) atoms. The molecule has 2 aromatic rings. The van der Waals surface area contributed by atoms with Crippen molar-refractivity contribution in [3.05, 3.63) is 46.0 Å². The summed E-state index contributed by atoms with van der Waals surface area (Å²) < 4.78 is 5.65. The molecule has 0 fully saturated rings. The molecule has 0 spiro atoms. The molecule has 0 atom stereocenters. The third-order valence-electron chi connectivity index (χ3n) is 3.31. The largest absolute Gasteiger partial charge is 0.489 e. The van der Waals surface area contributed by atoms with Crippen LogP contribution in [0.15, 0.2) is 24.7 Å². The Morgan fingerprint density at radius 3 is 3.10 bits per heavy atom. The number of ether oxygens (including phenoxy) is 1. The number of imidazole rings is 1. The number of non-ortho nitro benzene ring substituents is 1. The van der Waals surface area contributed by atoms with E-state index in [-0.39, 0.29) is 10.6 Å². The van der Waals surface area contributed by atoms with Crippen molar-refractivity contribution >= 4 is 11.4 Å². The highest BCUT2D eigenvalue weighted by Gasteiger charge is 2.24. The van der Waals surface area contributed by atoms with Crippen LogP contribution in [0.2, 0.25) is 0 Å². The number of aromatic nitrogens is 2. The molecule has 0 saturated heterocycles. The zero-order valence-electron chi connectivity index (χ0n) is 11.0. The Morgan fingerprint density at radius 1 is 1.55 bits per heavy atom. The number of aromatic amines is 1. The maximum absolute atomic E-state index is 11.0. The van der Waals surface area contributed by atoms with Gasteiger partial charge < -0.3 is 14.6 Å². The lowest BCUT2D eigenvalue weighted by atomic mass is 10.1. The Kier molecular flexibility index (Phi) is 3.02. The summed E-state index contributed by atoms with van der Waals surface area (Å²) >= 11 is 0. The van der Waals surface area contributed by atoms with Gasteiger partial charge in [0.05, 0.1) is 35.7 Å². The maximum atomic E-state index is 11.0. The molecule has 7 nitrogen and oxygen atoms in total. The topological polar surface area (TPSA) is 84.3 Å². The van der Waals surface area contributed by atoms with Crippen LogP contribution in [0.4, 0.5) is 11.4 Å². The second kappa shape index (κ2) is 4.84. The van der Waals surface area contributed by atoms with E-state index < -0.39 is 0 Å².